The predicted octanol–water partition coefficient (Wildman–Crippen LogP) is 1.14. The summed E-state index contributed by atoms with van der Waals surface area (Å²) in [6.45, 7) is 0. The molecule has 0 fully saturated rings. The number of hydrogen-bond acceptors (Lipinski definition) is 0. The molecule has 0 atom stereocenters. The molecular weight excluding hydrogens is 411 g/mol. The number of rotatable bonds is 0. The van der Waals surface area contributed by atoms with Crippen LogP contribution in [0.15, 0.2) is 0 Å². The van der Waals surface area contributed by atoms with E-state index in [0.29, 0.717) is 0 Å². The van der Waals surface area contributed by atoms with Crippen LogP contribution in [0.4, 0.5) is 0 Å². The summed E-state index contributed by atoms with van der Waals surface area (Å²) < 4.78 is 0. The van der Waals surface area contributed by atoms with Crippen LogP contribution in [0.1, 0.15) is 0 Å². The SMILES string of the molecule is [Cu+2].[Cu+2].[Cu+2].[Mn+2].[Mn+2].[Mn+2].[N-3].[N-3].[N-3].[N-3]. The van der Waals surface area contributed by atoms with E-state index in [0.717, 1.165) is 0 Å². The molecule has 0 bridgehead atoms. The molecule has 10 heavy (non-hydrogen) atoms. The number of hydrogen-bond donors (Lipinski definition) is 0. The van der Waals surface area contributed by atoms with Crippen molar-refractivity contribution in [3.63, 3.8) is 0 Å². The Morgan fingerprint density at radius 2 is 0.300 bits per heavy atom. The Kier molecular flexibility index (Phi) is 3480. The standard InChI is InChI=1S/3Cu.3Mn.4N/q6*+2;4*-3. The van der Waals surface area contributed by atoms with Crippen LogP contribution in [0.25, 0.3) is 24.6 Å². The van der Waals surface area contributed by atoms with E-state index in [1.807, 2.05) is 0 Å². The van der Waals surface area contributed by atoms with Gasteiger partial charge in [-0.05, 0) is 0 Å². The van der Waals surface area contributed by atoms with Crippen LogP contribution in [0.3, 0.4) is 0 Å². The first-order valence-electron chi connectivity index (χ1n) is 0. The molecule has 4 nitrogen and oxygen atoms in total. The molecule has 0 N–H and O–H groups in total. The Bertz CT molecular complexity index is 15.7. The summed E-state index contributed by atoms with van der Waals surface area (Å²) in [6, 6.07) is 0. The first-order chi connectivity index (χ1) is 0. The molecule has 0 saturated carbocycles. The predicted molar refractivity (Wildman–Crippen MR) is 13.4 cm³/mol. The summed E-state index contributed by atoms with van der Waals surface area (Å²) in [5.41, 5.74) is 0. The van der Waals surface area contributed by atoms with Gasteiger partial charge in [-0.25, -0.2) is 0 Å². The molecule has 0 spiro atoms. The van der Waals surface area contributed by atoms with Crippen molar-refractivity contribution in [2.24, 2.45) is 0 Å². The van der Waals surface area contributed by atoms with Crippen molar-refractivity contribution in [2.45, 2.75) is 0 Å². The van der Waals surface area contributed by atoms with Crippen LogP contribution in [-0.4, -0.2) is 0 Å². The second-order valence-electron chi connectivity index (χ2n) is 0. The largest absolute Gasteiger partial charge is 3.00 e. The smallest absolute Gasteiger partial charge is 2.00 e. The fourth-order valence-corrected chi connectivity index (χ4v) is 0. The van der Waals surface area contributed by atoms with E-state index in [1.54, 1.807) is 0 Å². The van der Waals surface area contributed by atoms with E-state index in [-0.39, 0.29) is 127 Å². The molecular formula is Cu3Mn3N4. The van der Waals surface area contributed by atoms with Crippen LogP contribution in [-0.2, 0) is 102 Å². The molecule has 0 aromatic heterocycles. The van der Waals surface area contributed by atoms with E-state index < -0.39 is 0 Å². The summed E-state index contributed by atoms with van der Waals surface area (Å²) >= 11 is 0. The Morgan fingerprint density at radius 3 is 0.300 bits per heavy atom. The molecule has 0 amide bonds. The molecule has 0 aromatic rings. The monoisotopic (exact) mass is 410 g/mol. The van der Waals surface area contributed by atoms with Gasteiger partial charge in [0.1, 0.15) is 0 Å². The van der Waals surface area contributed by atoms with Gasteiger partial charge < -0.3 is 24.6 Å². The summed E-state index contributed by atoms with van der Waals surface area (Å²) in [6.07, 6.45) is 0. The zero-order valence-corrected chi connectivity index (χ0v) is 10.2. The minimum Gasteiger partial charge on any atom is -3.00 e. The van der Waals surface area contributed by atoms with E-state index in [1.165, 1.54) is 0 Å². The fourth-order valence-electron chi connectivity index (χ4n) is 0. The van der Waals surface area contributed by atoms with Gasteiger partial charge in [-0.1, -0.05) is 0 Å². The van der Waals surface area contributed by atoms with Crippen molar-refractivity contribution in [2.75, 3.05) is 0 Å². The van der Waals surface area contributed by atoms with Crippen molar-refractivity contribution in [1.29, 1.82) is 0 Å². The second kappa shape index (κ2) is 164. The van der Waals surface area contributed by atoms with Crippen LogP contribution in [0.5, 0.6) is 0 Å². The summed E-state index contributed by atoms with van der Waals surface area (Å²) in [5.74, 6) is 0. The van der Waals surface area contributed by atoms with Gasteiger partial charge in [0.25, 0.3) is 0 Å². The molecule has 6 radical (unpaired) electrons. The average Bonchev–Trinajstić information content (AvgIpc) is 0. The Labute approximate surface area is 125 Å². The van der Waals surface area contributed by atoms with Crippen molar-refractivity contribution in [3.8, 4) is 0 Å². The molecule has 0 aromatic carbocycles. The zero-order valence-electron chi connectivity index (χ0n) is 3.83. The van der Waals surface area contributed by atoms with Gasteiger partial charge in [0.05, 0.1) is 0 Å². The molecule has 0 unspecified atom stereocenters. The molecule has 0 saturated heterocycles. The molecule has 0 rings (SSSR count). The fraction of sp³-hybridized carbons (Fsp3) is 0. The maximum Gasteiger partial charge on any atom is 2.00 e. The quantitative estimate of drug-likeness (QED) is 0.531. The van der Waals surface area contributed by atoms with Crippen molar-refractivity contribution < 1.29 is 102 Å². The average molecular weight is 411 g/mol. The Hall–Kier alpha value is 2.96. The molecule has 0 heterocycles. The molecule has 0 aliphatic heterocycles. The van der Waals surface area contributed by atoms with Crippen LogP contribution in [0.2, 0.25) is 0 Å². The van der Waals surface area contributed by atoms with Crippen molar-refractivity contribution >= 4 is 0 Å². The van der Waals surface area contributed by atoms with Gasteiger partial charge in [0, 0.05) is 0 Å². The second-order valence-corrected chi connectivity index (χ2v) is 0. The molecule has 0 aliphatic carbocycles. The van der Waals surface area contributed by atoms with Gasteiger partial charge in [-0.3, -0.25) is 0 Å². The van der Waals surface area contributed by atoms with Gasteiger partial charge in [-0.15, -0.1) is 0 Å². The third-order valence-electron chi connectivity index (χ3n) is 0. The Morgan fingerprint density at radius 1 is 0.300 bits per heavy atom. The first kappa shape index (κ1) is 212. The van der Waals surface area contributed by atoms with Crippen LogP contribution >= 0.6 is 0 Å². The summed E-state index contributed by atoms with van der Waals surface area (Å²) in [4.78, 5) is 0. The Balaban J connectivity index is 0. The topological polar surface area (TPSA) is 122 Å². The summed E-state index contributed by atoms with van der Waals surface area (Å²) in [7, 11) is 0. The minimum atomic E-state index is 0. The van der Waals surface area contributed by atoms with Crippen molar-refractivity contribution in [3.05, 3.63) is 24.6 Å². The van der Waals surface area contributed by atoms with Crippen molar-refractivity contribution in [1.82, 2.24) is 0 Å². The minimum absolute atomic E-state index is 0. The summed E-state index contributed by atoms with van der Waals surface area (Å²) in [5, 5.41) is 0. The van der Waals surface area contributed by atoms with Gasteiger partial charge >= 0.3 is 102 Å². The van der Waals surface area contributed by atoms with Gasteiger partial charge in [0.15, 0.2) is 0 Å². The van der Waals surface area contributed by atoms with Crippen LogP contribution < -0.4 is 0 Å². The van der Waals surface area contributed by atoms with E-state index in [2.05, 4.69) is 0 Å². The third-order valence-corrected chi connectivity index (χ3v) is 0. The molecule has 10 heteroatoms. The van der Waals surface area contributed by atoms with E-state index >= 15 is 0 Å². The zero-order chi connectivity index (χ0) is 0. The normalized spacial score (nSPS) is 0. The molecule has 0 aliphatic rings. The van der Waals surface area contributed by atoms with E-state index in [9.17, 15) is 0 Å². The third kappa shape index (κ3) is 124. The van der Waals surface area contributed by atoms with Gasteiger partial charge in [0.2, 0.25) is 0 Å². The van der Waals surface area contributed by atoms with E-state index in [4.69, 9.17) is 0 Å². The maximum atomic E-state index is 0. The first-order valence-corrected chi connectivity index (χ1v) is 0. The van der Waals surface area contributed by atoms with Crippen LogP contribution in [0, 0.1) is 0 Å². The number of nitrogens with zero attached hydrogens (tertiary/aromatic N) is 4. The molecule has 74 valence electrons. The maximum absolute atomic E-state index is 0. The van der Waals surface area contributed by atoms with Gasteiger partial charge in [-0.2, -0.15) is 0 Å².